The van der Waals surface area contributed by atoms with Crippen molar-refractivity contribution in [2.45, 2.75) is 11.8 Å². The van der Waals surface area contributed by atoms with E-state index in [0.29, 0.717) is 10.0 Å². The van der Waals surface area contributed by atoms with E-state index in [1.165, 1.54) is 0 Å². The summed E-state index contributed by atoms with van der Waals surface area (Å²) < 4.78 is 0. The lowest BCUT2D eigenvalue weighted by Crippen LogP contribution is -1.78. The molecule has 0 aliphatic heterocycles. The third-order valence-corrected chi connectivity index (χ3v) is 2.75. The molecule has 0 spiro atoms. The van der Waals surface area contributed by atoms with E-state index < -0.39 is 0 Å². The van der Waals surface area contributed by atoms with Crippen LogP contribution in [0.4, 0.5) is 0 Å². The lowest BCUT2D eigenvalue weighted by molar-refractivity contribution is 1.31. The van der Waals surface area contributed by atoms with Crippen molar-refractivity contribution < 1.29 is 0 Å². The molecule has 0 bridgehead atoms. The molecule has 0 aromatic heterocycles. The number of halogens is 2. The summed E-state index contributed by atoms with van der Waals surface area (Å²) in [6, 6.07) is 3.50. The number of hydrogen-bond acceptors (Lipinski definition) is 1. The molecule has 3 heteroatoms. The average molecular weight is 193 g/mol. The van der Waals surface area contributed by atoms with E-state index >= 15 is 0 Å². The Morgan fingerprint density at radius 2 is 1.70 bits per heavy atom. The minimum atomic E-state index is 0.644. The predicted molar refractivity (Wildman–Crippen MR) is 48.5 cm³/mol. The fourth-order valence-corrected chi connectivity index (χ4v) is 1.27. The third-order valence-electron chi connectivity index (χ3n) is 1.32. The molecule has 0 unspecified atom stereocenters. The van der Waals surface area contributed by atoms with E-state index in [2.05, 4.69) is 12.6 Å². The first-order valence-corrected chi connectivity index (χ1v) is 3.97. The normalized spacial score (nSPS) is 10.0. The van der Waals surface area contributed by atoms with Crippen LogP contribution in [0.1, 0.15) is 5.56 Å². The fraction of sp³-hybridized carbons (Fsp3) is 0.143. The SMILES string of the molecule is Cc1c(Cl)ccc(Cl)c1S. The maximum atomic E-state index is 5.78. The molecule has 0 heterocycles. The molecule has 0 fully saturated rings. The van der Waals surface area contributed by atoms with E-state index in [1.807, 2.05) is 6.92 Å². The molecular weight excluding hydrogens is 187 g/mol. The lowest BCUT2D eigenvalue weighted by atomic mass is 10.2. The van der Waals surface area contributed by atoms with Crippen molar-refractivity contribution in [3.05, 3.63) is 27.7 Å². The maximum Gasteiger partial charge on any atom is 0.0543 e. The van der Waals surface area contributed by atoms with Crippen LogP contribution < -0.4 is 0 Å². The smallest absolute Gasteiger partial charge is 0.0543 e. The van der Waals surface area contributed by atoms with Crippen molar-refractivity contribution in [3.63, 3.8) is 0 Å². The molecule has 0 nitrogen and oxygen atoms in total. The molecule has 1 aromatic carbocycles. The average Bonchev–Trinajstić information content (AvgIpc) is 1.93. The van der Waals surface area contributed by atoms with Crippen LogP contribution in [-0.2, 0) is 0 Å². The van der Waals surface area contributed by atoms with Gasteiger partial charge in [0.05, 0.1) is 5.02 Å². The number of thiol groups is 1. The quantitative estimate of drug-likeness (QED) is 0.598. The van der Waals surface area contributed by atoms with Gasteiger partial charge in [-0.2, -0.15) is 0 Å². The van der Waals surface area contributed by atoms with Gasteiger partial charge >= 0.3 is 0 Å². The van der Waals surface area contributed by atoms with Crippen LogP contribution in [0.5, 0.6) is 0 Å². The molecule has 0 aliphatic carbocycles. The van der Waals surface area contributed by atoms with Crippen LogP contribution in [0.2, 0.25) is 10.0 Å². The van der Waals surface area contributed by atoms with Gasteiger partial charge in [0.25, 0.3) is 0 Å². The first-order chi connectivity index (χ1) is 4.63. The van der Waals surface area contributed by atoms with Crippen LogP contribution in [0.3, 0.4) is 0 Å². The Balaban J connectivity index is 3.34. The van der Waals surface area contributed by atoms with Gasteiger partial charge in [-0.25, -0.2) is 0 Å². The number of benzene rings is 1. The highest BCUT2D eigenvalue weighted by molar-refractivity contribution is 7.80. The van der Waals surface area contributed by atoms with Crippen LogP contribution in [0.15, 0.2) is 17.0 Å². The molecule has 1 rings (SSSR count). The van der Waals surface area contributed by atoms with Gasteiger partial charge in [-0.05, 0) is 24.6 Å². The van der Waals surface area contributed by atoms with E-state index in [1.54, 1.807) is 12.1 Å². The van der Waals surface area contributed by atoms with Crippen molar-refractivity contribution in [1.82, 2.24) is 0 Å². The molecule has 0 aliphatic rings. The first-order valence-electron chi connectivity index (χ1n) is 2.76. The summed E-state index contributed by atoms with van der Waals surface area (Å²) in [5.74, 6) is 0. The van der Waals surface area contributed by atoms with Gasteiger partial charge in [-0.3, -0.25) is 0 Å². The van der Waals surface area contributed by atoms with Gasteiger partial charge in [0.1, 0.15) is 0 Å². The standard InChI is InChI=1S/C7H6Cl2S/c1-4-5(8)2-3-6(9)7(4)10/h2-3,10H,1H3. The maximum absolute atomic E-state index is 5.78. The minimum Gasteiger partial charge on any atom is -0.142 e. The largest absolute Gasteiger partial charge is 0.142 e. The molecule has 0 atom stereocenters. The zero-order valence-corrected chi connectivity index (χ0v) is 7.76. The summed E-state index contributed by atoms with van der Waals surface area (Å²) >= 11 is 15.7. The van der Waals surface area contributed by atoms with Gasteiger partial charge < -0.3 is 0 Å². The second-order valence-electron chi connectivity index (χ2n) is 2.00. The summed E-state index contributed by atoms with van der Waals surface area (Å²) in [4.78, 5) is 0.758. The Kier molecular flexibility index (Phi) is 2.50. The van der Waals surface area contributed by atoms with Gasteiger partial charge in [-0.1, -0.05) is 23.2 Å². The number of rotatable bonds is 0. The summed E-state index contributed by atoms with van der Waals surface area (Å²) in [7, 11) is 0. The molecule has 0 radical (unpaired) electrons. The predicted octanol–water partition coefficient (Wildman–Crippen LogP) is 3.59. The van der Waals surface area contributed by atoms with Crippen LogP contribution in [0, 0.1) is 6.92 Å². The van der Waals surface area contributed by atoms with E-state index in [9.17, 15) is 0 Å². The van der Waals surface area contributed by atoms with Crippen LogP contribution in [-0.4, -0.2) is 0 Å². The zero-order chi connectivity index (χ0) is 7.72. The van der Waals surface area contributed by atoms with Crippen molar-refractivity contribution in [2.75, 3.05) is 0 Å². The van der Waals surface area contributed by atoms with Crippen molar-refractivity contribution in [2.24, 2.45) is 0 Å². The monoisotopic (exact) mass is 192 g/mol. The number of hydrogen-bond donors (Lipinski definition) is 1. The molecular formula is C7H6Cl2S. The molecule has 0 N–H and O–H groups in total. The fourth-order valence-electron chi connectivity index (χ4n) is 0.642. The Bertz CT molecular complexity index is 231. The minimum absolute atomic E-state index is 0.644. The third kappa shape index (κ3) is 1.42. The lowest BCUT2D eigenvalue weighted by Gasteiger charge is -2.02. The molecule has 0 saturated carbocycles. The van der Waals surface area contributed by atoms with E-state index in [-0.39, 0.29) is 0 Å². The van der Waals surface area contributed by atoms with Gasteiger partial charge in [0, 0.05) is 9.92 Å². The highest BCUT2D eigenvalue weighted by Gasteiger charge is 2.01. The summed E-state index contributed by atoms with van der Waals surface area (Å²) in [6.45, 7) is 1.89. The highest BCUT2D eigenvalue weighted by atomic mass is 35.5. The Morgan fingerprint density at radius 3 is 2.20 bits per heavy atom. The van der Waals surface area contributed by atoms with E-state index in [4.69, 9.17) is 23.2 Å². The molecule has 0 amide bonds. The van der Waals surface area contributed by atoms with Gasteiger partial charge in [0.2, 0.25) is 0 Å². The van der Waals surface area contributed by atoms with Crippen molar-refractivity contribution in [1.29, 1.82) is 0 Å². The second-order valence-corrected chi connectivity index (χ2v) is 3.26. The highest BCUT2D eigenvalue weighted by Crippen LogP contribution is 2.28. The Morgan fingerprint density at radius 1 is 1.20 bits per heavy atom. The van der Waals surface area contributed by atoms with Crippen LogP contribution in [0.25, 0.3) is 0 Å². The Labute approximate surface area is 75.6 Å². The summed E-state index contributed by atoms with van der Waals surface area (Å²) in [5, 5.41) is 1.35. The molecule has 54 valence electrons. The Hall–Kier alpha value is 0.150. The van der Waals surface area contributed by atoms with Crippen LogP contribution >= 0.6 is 35.8 Å². The first kappa shape index (κ1) is 8.25. The second kappa shape index (κ2) is 3.04. The van der Waals surface area contributed by atoms with Crippen molar-refractivity contribution >= 4 is 35.8 Å². The zero-order valence-electron chi connectivity index (χ0n) is 5.36. The van der Waals surface area contributed by atoms with Crippen molar-refractivity contribution in [3.8, 4) is 0 Å². The topological polar surface area (TPSA) is 0 Å². The molecule has 1 aromatic rings. The van der Waals surface area contributed by atoms with Gasteiger partial charge in [-0.15, -0.1) is 12.6 Å². The van der Waals surface area contributed by atoms with Gasteiger partial charge in [0.15, 0.2) is 0 Å². The molecule has 10 heavy (non-hydrogen) atoms. The van der Waals surface area contributed by atoms with E-state index in [0.717, 1.165) is 10.5 Å². The summed E-state index contributed by atoms with van der Waals surface area (Å²) in [6.07, 6.45) is 0. The molecule has 0 saturated heterocycles. The summed E-state index contributed by atoms with van der Waals surface area (Å²) in [5.41, 5.74) is 0.928.